The molecule has 2 aromatic rings. The number of aliphatic hydroxyl groups excluding tert-OH is 1. The lowest BCUT2D eigenvalue weighted by atomic mass is 10.1. The van der Waals surface area contributed by atoms with E-state index in [9.17, 15) is 9.50 Å². The van der Waals surface area contributed by atoms with Crippen molar-refractivity contribution in [2.75, 3.05) is 0 Å². The van der Waals surface area contributed by atoms with Crippen LogP contribution in [0.25, 0.3) is 0 Å². The first-order valence-corrected chi connectivity index (χ1v) is 7.29. The summed E-state index contributed by atoms with van der Waals surface area (Å²) in [6.45, 7) is 7.33. The summed E-state index contributed by atoms with van der Waals surface area (Å²) in [5.41, 5.74) is 3.25. The molecule has 0 aliphatic rings. The van der Waals surface area contributed by atoms with Crippen molar-refractivity contribution in [2.45, 2.75) is 43.7 Å². The van der Waals surface area contributed by atoms with Crippen LogP contribution in [-0.4, -0.2) is 10.1 Å². The molecule has 0 aliphatic carbocycles. The molecule has 1 aromatic carbocycles. The Kier molecular flexibility index (Phi) is 4.45. The van der Waals surface area contributed by atoms with Crippen LogP contribution in [0.5, 0.6) is 0 Å². The number of benzene rings is 1. The summed E-state index contributed by atoms with van der Waals surface area (Å²) in [6.07, 6.45) is -0.710. The number of hydrogen-bond acceptors (Lipinski definition) is 3. The minimum Gasteiger partial charge on any atom is -0.389 e. The molecular weight excluding hydrogens is 273 g/mol. The van der Waals surface area contributed by atoms with Gasteiger partial charge in [0.2, 0.25) is 0 Å². The molecule has 0 amide bonds. The van der Waals surface area contributed by atoms with E-state index in [-0.39, 0.29) is 5.82 Å². The average molecular weight is 291 g/mol. The van der Waals surface area contributed by atoms with E-state index in [0.29, 0.717) is 11.1 Å². The van der Waals surface area contributed by atoms with Crippen molar-refractivity contribution >= 4 is 11.8 Å². The number of pyridine rings is 1. The summed E-state index contributed by atoms with van der Waals surface area (Å²) in [7, 11) is 0. The molecule has 106 valence electrons. The Labute approximate surface area is 123 Å². The summed E-state index contributed by atoms with van der Waals surface area (Å²) in [5.74, 6) is -0.293. The van der Waals surface area contributed by atoms with Crippen molar-refractivity contribution < 1.29 is 9.50 Å². The zero-order valence-corrected chi connectivity index (χ0v) is 12.9. The van der Waals surface area contributed by atoms with Gasteiger partial charge in [0.25, 0.3) is 0 Å². The quantitative estimate of drug-likeness (QED) is 0.912. The van der Waals surface area contributed by atoms with E-state index >= 15 is 0 Å². The first-order chi connectivity index (χ1) is 9.36. The Morgan fingerprint density at radius 2 is 1.85 bits per heavy atom. The highest BCUT2D eigenvalue weighted by molar-refractivity contribution is 7.99. The molecule has 1 unspecified atom stereocenters. The van der Waals surface area contributed by atoms with Crippen LogP contribution < -0.4 is 0 Å². The molecule has 0 bridgehead atoms. The van der Waals surface area contributed by atoms with Crippen molar-refractivity contribution in [1.82, 2.24) is 4.98 Å². The largest absolute Gasteiger partial charge is 0.389 e. The van der Waals surface area contributed by atoms with E-state index in [1.54, 1.807) is 19.9 Å². The van der Waals surface area contributed by atoms with Crippen LogP contribution in [0.3, 0.4) is 0 Å². The first kappa shape index (κ1) is 15.0. The van der Waals surface area contributed by atoms with Gasteiger partial charge < -0.3 is 5.11 Å². The molecule has 0 saturated heterocycles. The third-order valence-electron chi connectivity index (χ3n) is 3.03. The van der Waals surface area contributed by atoms with Crippen molar-refractivity contribution in [3.63, 3.8) is 0 Å². The highest BCUT2D eigenvalue weighted by Gasteiger charge is 2.13. The SMILES string of the molecule is Cc1cc(C)nc(Sc2cc(C)c(F)cc2C(C)O)c1. The lowest BCUT2D eigenvalue weighted by molar-refractivity contribution is 0.196. The molecule has 1 heterocycles. The molecule has 20 heavy (non-hydrogen) atoms. The number of aryl methyl sites for hydroxylation is 3. The van der Waals surface area contributed by atoms with Gasteiger partial charge in [-0.25, -0.2) is 9.37 Å². The second kappa shape index (κ2) is 5.94. The first-order valence-electron chi connectivity index (χ1n) is 6.48. The number of nitrogens with zero attached hydrogens (tertiary/aromatic N) is 1. The summed E-state index contributed by atoms with van der Waals surface area (Å²) >= 11 is 1.46. The lowest BCUT2D eigenvalue weighted by Gasteiger charge is -2.13. The van der Waals surface area contributed by atoms with Crippen LogP contribution in [0.1, 0.15) is 35.4 Å². The summed E-state index contributed by atoms with van der Waals surface area (Å²) in [5, 5.41) is 10.7. The Balaban J connectivity index is 2.44. The average Bonchev–Trinajstić information content (AvgIpc) is 2.31. The monoisotopic (exact) mass is 291 g/mol. The Bertz CT molecular complexity index is 620. The number of aliphatic hydroxyl groups is 1. The van der Waals surface area contributed by atoms with Gasteiger partial charge >= 0.3 is 0 Å². The van der Waals surface area contributed by atoms with E-state index in [0.717, 1.165) is 21.2 Å². The fourth-order valence-corrected chi connectivity index (χ4v) is 3.30. The third kappa shape index (κ3) is 3.38. The Hall–Kier alpha value is -1.39. The molecule has 1 atom stereocenters. The van der Waals surface area contributed by atoms with Gasteiger partial charge in [0.05, 0.1) is 6.10 Å². The van der Waals surface area contributed by atoms with Gasteiger partial charge in [-0.3, -0.25) is 0 Å². The van der Waals surface area contributed by atoms with Crippen LogP contribution in [0.15, 0.2) is 34.2 Å². The maximum absolute atomic E-state index is 13.7. The molecule has 0 spiro atoms. The van der Waals surface area contributed by atoms with Crippen molar-refractivity contribution in [3.05, 3.63) is 52.5 Å². The number of hydrogen-bond donors (Lipinski definition) is 1. The zero-order chi connectivity index (χ0) is 14.9. The fraction of sp³-hybridized carbons (Fsp3) is 0.312. The van der Waals surface area contributed by atoms with Crippen molar-refractivity contribution in [2.24, 2.45) is 0 Å². The summed E-state index contributed by atoms with van der Waals surface area (Å²) in [6, 6.07) is 7.17. The molecule has 2 nitrogen and oxygen atoms in total. The van der Waals surface area contributed by atoms with E-state index < -0.39 is 6.10 Å². The maximum atomic E-state index is 13.7. The van der Waals surface area contributed by atoms with Gasteiger partial charge in [0.1, 0.15) is 10.8 Å². The van der Waals surface area contributed by atoms with Crippen molar-refractivity contribution in [3.8, 4) is 0 Å². The van der Waals surface area contributed by atoms with Crippen LogP contribution >= 0.6 is 11.8 Å². The Morgan fingerprint density at radius 1 is 1.15 bits per heavy atom. The standard InChI is InChI=1S/C16H18FNOS/c1-9-5-11(3)18-16(6-9)20-15-7-10(2)14(17)8-13(15)12(4)19/h5-8,12,19H,1-4H3. The summed E-state index contributed by atoms with van der Waals surface area (Å²) < 4.78 is 13.7. The predicted octanol–water partition coefficient (Wildman–Crippen LogP) is 4.35. The second-order valence-electron chi connectivity index (χ2n) is 5.04. The highest BCUT2D eigenvalue weighted by Crippen LogP contribution is 2.34. The molecule has 0 radical (unpaired) electrons. The van der Waals surface area contributed by atoms with Gasteiger partial charge in [-0.15, -0.1) is 0 Å². The number of rotatable bonds is 3. The minimum atomic E-state index is -0.710. The molecule has 1 aromatic heterocycles. The van der Waals surface area contributed by atoms with Crippen molar-refractivity contribution in [1.29, 1.82) is 0 Å². The topological polar surface area (TPSA) is 33.1 Å². The molecule has 4 heteroatoms. The van der Waals surface area contributed by atoms with E-state index in [4.69, 9.17) is 0 Å². The number of halogens is 1. The predicted molar refractivity (Wildman–Crippen MR) is 79.6 cm³/mol. The lowest BCUT2D eigenvalue weighted by Crippen LogP contribution is -1.98. The normalized spacial score (nSPS) is 12.5. The molecule has 1 N–H and O–H groups in total. The van der Waals surface area contributed by atoms with Gasteiger partial charge in [-0.2, -0.15) is 0 Å². The second-order valence-corrected chi connectivity index (χ2v) is 6.10. The third-order valence-corrected chi connectivity index (χ3v) is 4.02. The van der Waals surface area contributed by atoms with Crippen LogP contribution in [0.4, 0.5) is 4.39 Å². The van der Waals surface area contributed by atoms with Crippen LogP contribution in [0.2, 0.25) is 0 Å². The molecule has 0 fully saturated rings. The van der Waals surface area contributed by atoms with E-state index in [2.05, 4.69) is 4.98 Å². The smallest absolute Gasteiger partial charge is 0.126 e. The van der Waals surface area contributed by atoms with Gasteiger partial charge in [0, 0.05) is 10.6 Å². The zero-order valence-electron chi connectivity index (χ0n) is 12.1. The fourth-order valence-electron chi connectivity index (χ4n) is 2.05. The molecule has 0 saturated carbocycles. The minimum absolute atomic E-state index is 0.293. The highest BCUT2D eigenvalue weighted by atomic mass is 32.2. The van der Waals surface area contributed by atoms with E-state index in [1.807, 2.05) is 26.0 Å². The van der Waals surface area contributed by atoms with Gasteiger partial charge in [0.15, 0.2) is 0 Å². The maximum Gasteiger partial charge on any atom is 0.126 e. The van der Waals surface area contributed by atoms with Crippen LogP contribution in [-0.2, 0) is 0 Å². The molecule has 0 aliphatic heterocycles. The molecular formula is C16H18FNOS. The van der Waals surface area contributed by atoms with E-state index in [1.165, 1.54) is 17.8 Å². The number of aromatic nitrogens is 1. The van der Waals surface area contributed by atoms with Gasteiger partial charge in [-0.05, 0) is 68.7 Å². The van der Waals surface area contributed by atoms with Crippen LogP contribution in [0, 0.1) is 26.6 Å². The summed E-state index contributed by atoms with van der Waals surface area (Å²) in [4.78, 5) is 5.31. The molecule has 2 rings (SSSR count). The van der Waals surface area contributed by atoms with Gasteiger partial charge in [-0.1, -0.05) is 11.8 Å². The Morgan fingerprint density at radius 3 is 2.45 bits per heavy atom.